The number of carbonyl (C=O) groups is 3. The Kier molecular flexibility index (Phi) is 10.4. The lowest BCUT2D eigenvalue weighted by Crippen LogP contribution is -2.50. The van der Waals surface area contributed by atoms with E-state index in [1.54, 1.807) is 41.9 Å². The second-order valence-corrected chi connectivity index (χ2v) is 10.0. The topological polar surface area (TPSA) is 88.6 Å². The maximum absolute atomic E-state index is 12.9. The second kappa shape index (κ2) is 13.5. The Hall–Kier alpha value is -2.79. The molecule has 1 aromatic carbocycles. The number of methoxy groups -OCH3 is 2. The molecule has 0 radical (unpaired) electrons. The van der Waals surface area contributed by atoms with E-state index in [1.165, 1.54) is 11.8 Å². The van der Waals surface area contributed by atoms with Crippen LogP contribution >= 0.6 is 24.0 Å². The minimum atomic E-state index is -0.320. The van der Waals surface area contributed by atoms with Crippen LogP contribution in [-0.2, 0) is 14.3 Å². The molecule has 0 saturated carbocycles. The van der Waals surface area contributed by atoms with Gasteiger partial charge in [0.2, 0.25) is 5.91 Å². The number of ether oxygens (including phenoxy) is 3. The summed E-state index contributed by atoms with van der Waals surface area (Å²) in [7, 11) is 3.15. The van der Waals surface area contributed by atoms with Gasteiger partial charge >= 0.3 is 6.09 Å². The highest BCUT2D eigenvalue weighted by atomic mass is 32.2. The molecule has 0 aromatic heterocycles. The highest BCUT2D eigenvalue weighted by Gasteiger charge is 2.31. The van der Waals surface area contributed by atoms with E-state index in [0.717, 1.165) is 24.8 Å². The van der Waals surface area contributed by atoms with Crippen LogP contribution in [0.3, 0.4) is 0 Å². The third-order valence-corrected chi connectivity index (χ3v) is 7.39. The van der Waals surface area contributed by atoms with Crippen molar-refractivity contribution in [2.75, 3.05) is 53.6 Å². The van der Waals surface area contributed by atoms with Gasteiger partial charge in [0.25, 0.3) is 5.91 Å². The fourth-order valence-electron chi connectivity index (χ4n) is 4.02. The summed E-state index contributed by atoms with van der Waals surface area (Å²) in [5.74, 6) is 1.22. The largest absolute Gasteiger partial charge is 0.493 e. The predicted molar refractivity (Wildman–Crippen MR) is 143 cm³/mol. The molecule has 0 atom stereocenters. The van der Waals surface area contributed by atoms with E-state index in [0.29, 0.717) is 66.5 Å². The van der Waals surface area contributed by atoms with Gasteiger partial charge in [0.05, 0.1) is 25.7 Å². The normalized spacial score (nSPS) is 17.1. The summed E-state index contributed by atoms with van der Waals surface area (Å²) in [5, 5.41) is 0. The molecule has 11 heteroatoms. The van der Waals surface area contributed by atoms with Crippen molar-refractivity contribution in [1.82, 2.24) is 14.7 Å². The number of hydrogen-bond donors (Lipinski definition) is 0. The molecule has 2 aliphatic heterocycles. The van der Waals surface area contributed by atoms with Crippen LogP contribution in [0.2, 0.25) is 0 Å². The minimum Gasteiger partial charge on any atom is -0.493 e. The highest BCUT2D eigenvalue weighted by Crippen LogP contribution is 2.34. The zero-order valence-corrected chi connectivity index (χ0v) is 22.6. The number of benzene rings is 1. The van der Waals surface area contributed by atoms with E-state index < -0.39 is 0 Å². The molecule has 3 amide bonds. The summed E-state index contributed by atoms with van der Waals surface area (Å²) >= 11 is 6.72. The van der Waals surface area contributed by atoms with E-state index in [-0.39, 0.29) is 17.9 Å². The molecule has 2 heterocycles. The van der Waals surface area contributed by atoms with Gasteiger partial charge in [0.15, 0.2) is 11.5 Å². The summed E-state index contributed by atoms with van der Waals surface area (Å²) in [6.07, 6.45) is 4.27. The number of carbonyl (C=O) groups excluding carboxylic acids is 3. The molecule has 2 fully saturated rings. The van der Waals surface area contributed by atoms with Crippen molar-refractivity contribution in [2.24, 2.45) is 0 Å². The van der Waals surface area contributed by atoms with Gasteiger partial charge in [0.1, 0.15) is 4.32 Å². The molecule has 36 heavy (non-hydrogen) atoms. The van der Waals surface area contributed by atoms with Crippen LogP contribution in [0.1, 0.15) is 38.2 Å². The van der Waals surface area contributed by atoms with Crippen molar-refractivity contribution >= 4 is 52.3 Å². The van der Waals surface area contributed by atoms with Gasteiger partial charge in [-0.1, -0.05) is 36.5 Å². The van der Waals surface area contributed by atoms with Crippen molar-refractivity contribution in [3.63, 3.8) is 0 Å². The highest BCUT2D eigenvalue weighted by molar-refractivity contribution is 8.26. The molecule has 0 spiro atoms. The van der Waals surface area contributed by atoms with Gasteiger partial charge in [-0.3, -0.25) is 14.5 Å². The van der Waals surface area contributed by atoms with Gasteiger partial charge in [-0.15, -0.1) is 0 Å². The molecular weight excluding hydrogens is 502 g/mol. The molecule has 1 aromatic rings. The first-order valence-electron chi connectivity index (χ1n) is 12.0. The molecule has 0 aliphatic carbocycles. The summed E-state index contributed by atoms with van der Waals surface area (Å²) in [6.45, 7) is 4.70. The Morgan fingerprint density at radius 3 is 2.39 bits per heavy atom. The number of unbranched alkanes of at least 4 members (excludes halogenated alkanes) is 2. The smallest absolute Gasteiger partial charge is 0.409 e. The molecule has 2 aliphatic rings. The van der Waals surface area contributed by atoms with Crippen LogP contribution < -0.4 is 9.47 Å². The number of rotatable bonds is 10. The number of nitrogens with zero attached hydrogens (tertiary/aromatic N) is 3. The molecule has 0 N–H and O–H groups in total. The fourth-order valence-corrected chi connectivity index (χ4v) is 5.33. The van der Waals surface area contributed by atoms with Crippen LogP contribution in [0.4, 0.5) is 4.79 Å². The SMILES string of the molecule is CCOC(=O)N1CCN(C(=O)CCCCCN2C(=O)C(=Cc3ccc(OC)c(OC)c3)SC2=S)CC1. The zero-order valence-electron chi connectivity index (χ0n) is 21.0. The van der Waals surface area contributed by atoms with Crippen molar-refractivity contribution in [3.8, 4) is 11.5 Å². The zero-order chi connectivity index (χ0) is 26.1. The van der Waals surface area contributed by atoms with Crippen LogP contribution in [-0.4, -0.2) is 90.5 Å². The first-order valence-corrected chi connectivity index (χ1v) is 13.3. The van der Waals surface area contributed by atoms with E-state index >= 15 is 0 Å². The van der Waals surface area contributed by atoms with Crippen molar-refractivity contribution in [1.29, 1.82) is 0 Å². The quantitative estimate of drug-likeness (QED) is 0.254. The van der Waals surface area contributed by atoms with Gasteiger partial charge in [0, 0.05) is 39.1 Å². The van der Waals surface area contributed by atoms with E-state index in [4.69, 9.17) is 26.4 Å². The number of thiocarbonyl (C=S) groups is 1. The second-order valence-electron chi connectivity index (χ2n) is 8.33. The Morgan fingerprint density at radius 2 is 1.72 bits per heavy atom. The van der Waals surface area contributed by atoms with Crippen LogP contribution in [0.25, 0.3) is 6.08 Å². The summed E-state index contributed by atoms with van der Waals surface area (Å²) in [6, 6.07) is 5.48. The van der Waals surface area contributed by atoms with Crippen molar-refractivity contribution in [3.05, 3.63) is 28.7 Å². The number of hydrogen-bond acceptors (Lipinski definition) is 8. The van der Waals surface area contributed by atoms with Crippen molar-refractivity contribution < 1.29 is 28.6 Å². The van der Waals surface area contributed by atoms with Gasteiger partial charge in [-0.05, 0) is 43.5 Å². The summed E-state index contributed by atoms with van der Waals surface area (Å²) in [5.41, 5.74) is 0.828. The average Bonchev–Trinajstić information content (AvgIpc) is 3.15. The standard InChI is InChI=1S/C25H33N3O6S2/c1-4-34-24(31)27-14-12-26(13-15-27)22(29)8-6-5-7-11-28-23(30)21(36-25(28)35)17-18-9-10-19(32-2)20(16-18)33-3/h9-10,16-17H,4-8,11-15H2,1-3H3. The number of thioether (sulfide) groups is 1. The van der Waals surface area contributed by atoms with Gasteiger partial charge in [-0.25, -0.2) is 4.79 Å². The van der Waals surface area contributed by atoms with Gasteiger partial charge in [-0.2, -0.15) is 0 Å². The lowest BCUT2D eigenvalue weighted by molar-refractivity contribution is -0.133. The number of piperazine rings is 1. The monoisotopic (exact) mass is 535 g/mol. The fraction of sp³-hybridized carbons (Fsp3) is 0.520. The molecular formula is C25H33N3O6S2. The van der Waals surface area contributed by atoms with Crippen LogP contribution in [0, 0.1) is 0 Å². The molecule has 3 rings (SSSR count). The van der Waals surface area contributed by atoms with E-state index in [2.05, 4.69) is 0 Å². The third-order valence-electron chi connectivity index (χ3n) is 6.01. The van der Waals surface area contributed by atoms with Crippen LogP contribution in [0.5, 0.6) is 11.5 Å². The summed E-state index contributed by atoms with van der Waals surface area (Å²) in [4.78, 5) is 42.8. The van der Waals surface area contributed by atoms with E-state index in [9.17, 15) is 14.4 Å². The lowest BCUT2D eigenvalue weighted by atomic mass is 10.1. The molecule has 9 nitrogen and oxygen atoms in total. The Morgan fingerprint density at radius 1 is 1.03 bits per heavy atom. The predicted octanol–water partition coefficient (Wildman–Crippen LogP) is 3.77. The third kappa shape index (κ3) is 7.13. The Labute approximate surface area is 221 Å². The Bertz CT molecular complexity index is 1010. The minimum absolute atomic E-state index is 0.0990. The molecule has 2 saturated heterocycles. The molecule has 196 valence electrons. The molecule has 0 unspecified atom stereocenters. The van der Waals surface area contributed by atoms with Crippen LogP contribution in [0.15, 0.2) is 23.1 Å². The first kappa shape index (κ1) is 27.8. The maximum Gasteiger partial charge on any atom is 0.409 e. The Balaban J connectivity index is 1.40. The lowest BCUT2D eigenvalue weighted by Gasteiger charge is -2.34. The molecule has 0 bridgehead atoms. The summed E-state index contributed by atoms with van der Waals surface area (Å²) < 4.78 is 16.2. The maximum atomic E-state index is 12.9. The van der Waals surface area contributed by atoms with Gasteiger partial charge < -0.3 is 24.0 Å². The average molecular weight is 536 g/mol. The first-order chi connectivity index (χ1) is 17.4. The van der Waals surface area contributed by atoms with E-state index in [1.807, 2.05) is 18.2 Å². The number of amides is 3. The van der Waals surface area contributed by atoms with Crippen molar-refractivity contribution in [2.45, 2.75) is 32.6 Å².